The maximum atomic E-state index is 13.2. The molecule has 7 rings (SSSR count). The fraction of sp³-hybridized carbons (Fsp3) is 0.219. The Balaban J connectivity index is 1.36. The summed E-state index contributed by atoms with van der Waals surface area (Å²) in [5.74, 6) is -2.46. The highest BCUT2D eigenvalue weighted by Crippen LogP contribution is 2.62. The number of hydrogen-bond acceptors (Lipinski definition) is 6. The number of carbonyl (C=O) groups excluding carboxylic acids is 3. The lowest BCUT2D eigenvalue weighted by Crippen LogP contribution is -2.60. The van der Waals surface area contributed by atoms with Crippen LogP contribution >= 0.6 is 0 Å². The van der Waals surface area contributed by atoms with E-state index in [9.17, 15) is 14.4 Å². The van der Waals surface area contributed by atoms with Gasteiger partial charge in [0.2, 0.25) is 0 Å². The van der Waals surface area contributed by atoms with E-state index in [-0.39, 0.29) is 18.5 Å². The zero-order valence-electron chi connectivity index (χ0n) is 20.5. The van der Waals surface area contributed by atoms with Gasteiger partial charge in [-0.15, -0.1) is 0 Å². The van der Waals surface area contributed by atoms with E-state index >= 15 is 0 Å². The lowest BCUT2D eigenvalue weighted by molar-refractivity contribution is -0.173. The number of hydrogen-bond donors (Lipinski definition) is 0. The molecule has 2 fully saturated rings. The summed E-state index contributed by atoms with van der Waals surface area (Å²) in [5, 5.41) is 0. The zero-order chi connectivity index (χ0) is 26.1. The standard InChI is InChI=1S/C32H26O6/c33-25(17-16-21-10-4-1-5-11-21)37-29-28-24-18-19-32(29,20-36-30(34)23-14-8-3-9-15-23)27(26(24)31(35)38-28)22-12-6-2-7-13-22/h1-19,24,26-29H,20H2/b17-16+/t24-,26-,27+,28+,29-,32-/m0/s1. The monoisotopic (exact) mass is 506 g/mol. The normalized spacial score (nSPS) is 28.7. The van der Waals surface area contributed by atoms with Crippen LogP contribution in [0.1, 0.15) is 27.4 Å². The molecule has 0 amide bonds. The molecule has 3 aromatic carbocycles. The van der Waals surface area contributed by atoms with Crippen molar-refractivity contribution in [1.29, 1.82) is 0 Å². The Morgan fingerprint density at radius 1 is 0.895 bits per heavy atom. The number of rotatable bonds is 7. The molecule has 1 saturated carbocycles. The Morgan fingerprint density at radius 2 is 1.55 bits per heavy atom. The fourth-order valence-electron chi connectivity index (χ4n) is 6.13. The number of benzene rings is 3. The SMILES string of the molecule is O=C(/C=C/c1ccccc1)O[C@H]1[C@@H]2OC(=O)[C@H]3[C@@H]2C=C[C@]1(COC(=O)c1ccccc1)[C@@H]3c1ccccc1. The summed E-state index contributed by atoms with van der Waals surface area (Å²) in [6, 6.07) is 27.8. The van der Waals surface area contributed by atoms with Crippen molar-refractivity contribution in [1.82, 2.24) is 0 Å². The van der Waals surface area contributed by atoms with Crippen LogP contribution in [0.5, 0.6) is 0 Å². The van der Waals surface area contributed by atoms with Crippen molar-refractivity contribution in [2.45, 2.75) is 18.1 Å². The van der Waals surface area contributed by atoms with Crippen molar-refractivity contribution >= 4 is 24.0 Å². The minimum absolute atomic E-state index is 0.0759. The molecule has 38 heavy (non-hydrogen) atoms. The summed E-state index contributed by atoms with van der Waals surface area (Å²) in [7, 11) is 0. The van der Waals surface area contributed by atoms with E-state index in [0.29, 0.717) is 5.56 Å². The third-order valence-corrected chi connectivity index (χ3v) is 7.79. The zero-order valence-corrected chi connectivity index (χ0v) is 20.5. The molecule has 3 aromatic rings. The van der Waals surface area contributed by atoms with E-state index in [1.807, 2.05) is 78.9 Å². The molecular formula is C32H26O6. The van der Waals surface area contributed by atoms with Crippen molar-refractivity contribution in [2.75, 3.05) is 6.61 Å². The lowest BCUT2D eigenvalue weighted by atomic mass is 9.51. The van der Waals surface area contributed by atoms with Gasteiger partial charge < -0.3 is 14.2 Å². The predicted molar refractivity (Wildman–Crippen MR) is 140 cm³/mol. The van der Waals surface area contributed by atoms with Crippen LogP contribution in [0.25, 0.3) is 6.08 Å². The largest absolute Gasteiger partial charge is 0.461 e. The minimum atomic E-state index is -0.988. The Labute approximate surface area is 220 Å². The smallest absolute Gasteiger partial charge is 0.338 e. The summed E-state index contributed by atoms with van der Waals surface area (Å²) in [5.41, 5.74) is 1.19. The van der Waals surface area contributed by atoms with Crippen molar-refractivity contribution in [2.24, 2.45) is 17.3 Å². The quantitative estimate of drug-likeness (QED) is 0.195. The van der Waals surface area contributed by atoms with Crippen molar-refractivity contribution in [3.05, 3.63) is 126 Å². The van der Waals surface area contributed by atoms with Gasteiger partial charge >= 0.3 is 17.9 Å². The second kappa shape index (κ2) is 9.78. The highest BCUT2D eigenvalue weighted by atomic mass is 16.6. The Morgan fingerprint density at radius 3 is 2.26 bits per heavy atom. The van der Waals surface area contributed by atoms with E-state index in [1.54, 1.807) is 30.3 Å². The summed E-state index contributed by atoms with van der Waals surface area (Å²) in [6.07, 6.45) is 5.49. The number of carbonyl (C=O) groups is 3. The summed E-state index contributed by atoms with van der Waals surface area (Å²) < 4.78 is 17.8. The lowest BCUT2D eigenvalue weighted by Gasteiger charge is -2.53. The molecule has 6 heteroatoms. The maximum absolute atomic E-state index is 13.2. The molecule has 4 aliphatic rings. The van der Waals surface area contributed by atoms with Gasteiger partial charge in [0.15, 0.2) is 6.10 Å². The van der Waals surface area contributed by atoms with Crippen LogP contribution in [0, 0.1) is 17.3 Å². The van der Waals surface area contributed by atoms with Crippen molar-refractivity contribution < 1.29 is 28.6 Å². The number of esters is 3. The average molecular weight is 507 g/mol. The first-order valence-electron chi connectivity index (χ1n) is 12.7. The molecule has 6 nitrogen and oxygen atoms in total. The second-order valence-electron chi connectivity index (χ2n) is 9.91. The topological polar surface area (TPSA) is 78.9 Å². The van der Waals surface area contributed by atoms with Gasteiger partial charge in [-0.1, -0.05) is 91.0 Å². The first kappa shape index (κ1) is 23.9. The highest BCUT2D eigenvalue weighted by molar-refractivity contribution is 5.89. The Kier molecular flexibility index (Phi) is 6.16. The van der Waals surface area contributed by atoms with Gasteiger partial charge in [0.1, 0.15) is 12.7 Å². The molecule has 3 aliphatic carbocycles. The van der Waals surface area contributed by atoms with Crippen LogP contribution < -0.4 is 0 Å². The van der Waals surface area contributed by atoms with Crippen LogP contribution in [-0.4, -0.2) is 36.7 Å². The van der Waals surface area contributed by atoms with Gasteiger partial charge in [-0.3, -0.25) is 4.79 Å². The van der Waals surface area contributed by atoms with Gasteiger partial charge in [0, 0.05) is 17.9 Å². The van der Waals surface area contributed by atoms with E-state index < -0.39 is 41.4 Å². The van der Waals surface area contributed by atoms with Crippen LogP contribution in [0.15, 0.2) is 109 Å². The highest BCUT2D eigenvalue weighted by Gasteiger charge is 2.69. The Bertz CT molecular complexity index is 1400. The molecule has 0 aromatic heterocycles. The molecular weight excluding hydrogens is 480 g/mol. The van der Waals surface area contributed by atoms with E-state index in [2.05, 4.69) is 0 Å². The van der Waals surface area contributed by atoms with Gasteiger partial charge in [-0.05, 0) is 29.3 Å². The molecule has 0 spiro atoms. The van der Waals surface area contributed by atoms with E-state index in [1.165, 1.54) is 6.08 Å². The van der Waals surface area contributed by atoms with Crippen molar-refractivity contribution in [3.8, 4) is 0 Å². The molecule has 1 heterocycles. The third kappa shape index (κ3) is 4.12. The average Bonchev–Trinajstić information content (AvgIpc) is 3.26. The minimum Gasteiger partial charge on any atom is -0.461 e. The number of ether oxygens (including phenoxy) is 3. The van der Waals surface area contributed by atoms with Crippen LogP contribution in [0.2, 0.25) is 0 Å². The Hall–Kier alpha value is -4.45. The van der Waals surface area contributed by atoms with Crippen LogP contribution in [-0.2, 0) is 23.8 Å². The van der Waals surface area contributed by atoms with E-state index in [4.69, 9.17) is 14.2 Å². The summed E-state index contributed by atoms with van der Waals surface area (Å²) in [4.78, 5) is 39.2. The van der Waals surface area contributed by atoms with Gasteiger partial charge in [-0.2, -0.15) is 0 Å². The molecule has 6 atom stereocenters. The first-order chi connectivity index (χ1) is 18.6. The van der Waals surface area contributed by atoms with Gasteiger partial charge in [-0.25, -0.2) is 9.59 Å². The molecule has 190 valence electrons. The molecule has 1 aliphatic heterocycles. The summed E-state index contributed by atoms with van der Waals surface area (Å²) in [6.45, 7) is -0.0759. The predicted octanol–water partition coefficient (Wildman–Crippen LogP) is 4.98. The first-order valence-corrected chi connectivity index (χ1v) is 12.7. The van der Waals surface area contributed by atoms with Crippen molar-refractivity contribution in [3.63, 3.8) is 0 Å². The molecule has 0 unspecified atom stereocenters. The molecule has 1 saturated heterocycles. The van der Waals surface area contributed by atoms with E-state index in [0.717, 1.165) is 11.1 Å². The van der Waals surface area contributed by atoms with Gasteiger partial charge in [0.25, 0.3) is 0 Å². The van der Waals surface area contributed by atoms with Gasteiger partial charge in [0.05, 0.1) is 16.9 Å². The molecule has 4 bridgehead atoms. The second-order valence-corrected chi connectivity index (χ2v) is 9.91. The van der Waals surface area contributed by atoms with Crippen LogP contribution in [0.4, 0.5) is 0 Å². The fourth-order valence-corrected chi connectivity index (χ4v) is 6.13. The molecule has 0 N–H and O–H groups in total. The van der Waals surface area contributed by atoms with Crippen LogP contribution in [0.3, 0.4) is 0 Å². The summed E-state index contributed by atoms with van der Waals surface area (Å²) >= 11 is 0. The molecule has 0 radical (unpaired) electrons. The maximum Gasteiger partial charge on any atom is 0.338 e. The third-order valence-electron chi connectivity index (χ3n) is 7.79.